The molecule has 0 aliphatic carbocycles. The van der Waals surface area contributed by atoms with E-state index in [1.165, 1.54) is 15.6 Å². The highest BCUT2D eigenvalue weighted by Gasteiger charge is 2.29. The largest absolute Gasteiger partial charge is 0.275 e. The number of nitrogens with zero attached hydrogens (tertiary/aromatic N) is 5. The van der Waals surface area contributed by atoms with Crippen molar-refractivity contribution in [3.05, 3.63) is 47.6 Å². The van der Waals surface area contributed by atoms with Crippen LogP contribution >= 0.6 is 11.3 Å². The number of para-hydroxylation sites is 2. The van der Waals surface area contributed by atoms with E-state index < -0.39 is 10.0 Å². The monoisotopic (exact) mass is 387 g/mol. The fourth-order valence-corrected chi connectivity index (χ4v) is 5.50. The molecule has 0 aliphatic heterocycles. The zero-order chi connectivity index (χ0) is 18.3. The van der Waals surface area contributed by atoms with Crippen molar-refractivity contribution in [3.8, 4) is 0 Å². The van der Waals surface area contributed by atoms with Crippen LogP contribution in [0.25, 0.3) is 16.7 Å². The fraction of sp³-hybridized carbons (Fsp3) is 0.235. The summed E-state index contributed by atoms with van der Waals surface area (Å²) < 4.78 is 29.7. The van der Waals surface area contributed by atoms with Gasteiger partial charge < -0.3 is 0 Å². The topological polar surface area (TPSA) is 80.5 Å². The molecule has 1 aromatic carbocycles. The summed E-state index contributed by atoms with van der Waals surface area (Å²) in [5, 5.41) is 10.2. The Hall–Kier alpha value is -2.52. The molecular formula is C17H17N5O2S2. The number of benzene rings is 1. The zero-order valence-corrected chi connectivity index (χ0v) is 16.0. The quantitative estimate of drug-likeness (QED) is 0.526. The number of fused-ring (bicyclic) bond motifs is 3. The summed E-state index contributed by atoms with van der Waals surface area (Å²) in [6.45, 7) is 4.02. The number of hydrogen-bond donors (Lipinski definition) is 0. The van der Waals surface area contributed by atoms with Gasteiger partial charge in [0, 0.05) is 13.0 Å². The first-order valence-corrected chi connectivity index (χ1v) is 10.6. The van der Waals surface area contributed by atoms with Gasteiger partial charge in [-0.25, -0.2) is 17.7 Å². The molecule has 0 fully saturated rings. The van der Waals surface area contributed by atoms with Crippen molar-refractivity contribution in [2.75, 3.05) is 10.8 Å². The first-order chi connectivity index (χ1) is 12.6. The highest BCUT2D eigenvalue weighted by atomic mass is 32.2. The van der Waals surface area contributed by atoms with E-state index in [-0.39, 0.29) is 10.8 Å². The second-order valence-corrected chi connectivity index (χ2v) is 8.69. The first kappa shape index (κ1) is 16.9. The number of anilines is 1. The third-order valence-corrected chi connectivity index (χ3v) is 7.40. The highest BCUT2D eigenvalue weighted by Crippen LogP contribution is 2.30. The van der Waals surface area contributed by atoms with Gasteiger partial charge in [-0.15, -0.1) is 21.5 Å². The average Bonchev–Trinajstić information content (AvgIpc) is 3.32. The van der Waals surface area contributed by atoms with Crippen LogP contribution < -0.4 is 4.31 Å². The van der Waals surface area contributed by atoms with Crippen molar-refractivity contribution in [2.45, 2.75) is 24.5 Å². The van der Waals surface area contributed by atoms with E-state index in [1.54, 1.807) is 24.4 Å². The lowest BCUT2D eigenvalue weighted by molar-refractivity contribution is 0.593. The number of rotatable bonds is 5. The van der Waals surface area contributed by atoms with E-state index in [4.69, 9.17) is 0 Å². The van der Waals surface area contributed by atoms with E-state index >= 15 is 0 Å². The van der Waals surface area contributed by atoms with Crippen LogP contribution in [0.4, 0.5) is 5.82 Å². The maximum absolute atomic E-state index is 13.1. The van der Waals surface area contributed by atoms with Gasteiger partial charge in [0.15, 0.2) is 5.82 Å². The molecule has 0 atom stereocenters. The van der Waals surface area contributed by atoms with Gasteiger partial charge in [-0.1, -0.05) is 25.1 Å². The van der Waals surface area contributed by atoms with Crippen molar-refractivity contribution in [1.29, 1.82) is 0 Å². The number of sulfonamides is 1. The molecule has 0 bridgehead atoms. The van der Waals surface area contributed by atoms with Gasteiger partial charge in [0.25, 0.3) is 10.0 Å². The van der Waals surface area contributed by atoms with E-state index in [2.05, 4.69) is 15.2 Å². The summed E-state index contributed by atoms with van der Waals surface area (Å²) in [6.07, 6.45) is 0.679. The van der Waals surface area contributed by atoms with Crippen LogP contribution in [0, 0.1) is 0 Å². The molecule has 26 heavy (non-hydrogen) atoms. The number of thiophene rings is 1. The Morgan fingerprint density at radius 2 is 1.92 bits per heavy atom. The Kier molecular flexibility index (Phi) is 4.12. The molecule has 0 saturated heterocycles. The lowest BCUT2D eigenvalue weighted by Gasteiger charge is -2.21. The van der Waals surface area contributed by atoms with E-state index in [0.717, 1.165) is 11.3 Å². The molecule has 0 amide bonds. The van der Waals surface area contributed by atoms with Gasteiger partial charge in [0.1, 0.15) is 10.0 Å². The van der Waals surface area contributed by atoms with Gasteiger partial charge in [0.05, 0.1) is 11.0 Å². The Balaban J connectivity index is 2.05. The SMILES string of the molecule is CCc1nnc2c(N(CC)S(=O)(=O)c3cccs3)nc3ccccc3n12. The Morgan fingerprint density at radius 3 is 2.62 bits per heavy atom. The molecule has 3 heterocycles. The van der Waals surface area contributed by atoms with Crippen molar-refractivity contribution in [2.24, 2.45) is 0 Å². The second-order valence-electron chi connectivity index (χ2n) is 5.65. The van der Waals surface area contributed by atoms with Crippen LogP contribution in [0.15, 0.2) is 46.0 Å². The molecule has 4 aromatic rings. The summed E-state index contributed by atoms with van der Waals surface area (Å²) in [6, 6.07) is 10.9. The minimum absolute atomic E-state index is 0.246. The Bertz CT molecular complexity index is 1180. The molecule has 0 aliphatic rings. The predicted molar refractivity (Wildman–Crippen MR) is 102 cm³/mol. The van der Waals surface area contributed by atoms with Gasteiger partial charge >= 0.3 is 0 Å². The second kappa shape index (κ2) is 6.33. The van der Waals surface area contributed by atoms with Gasteiger partial charge in [-0.3, -0.25) is 4.40 Å². The molecule has 7 nitrogen and oxygen atoms in total. The lowest BCUT2D eigenvalue weighted by atomic mass is 10.3. The maximum Gasteiger partial charge on any atom is 0.275 e. The molecule has 0 spiro atoms. The summed E-state index contributed by atoms with van der Waals surface area (Å²) in [5.41, 5.74) is 2.00. The molecule has 0 saturated carbocycles. The van der Waals surface area contributed by atoms with Crippen molar-refractivity contribution >= 4 is 43.9 Å². The van der Waals surface area contributed by atoms with Gasteiger partial charge in [-0.05, 0) is 30.5 Å². The molecule has 9 heteroatoms. The van der Waals surface area contributed by atoms with Crippen LogP contribution in [0.1, 0.15) is 19.7 Å². The minimum atomic E-state index is -3.71. The molecule has 3 aromatic heterocycles. The predicted octanol–water partition coefficient (Wildman–Crippen LogP) is 3.12. The Morgan fingerprint density at radius 1 is 1.12 bits per heavy atom. The first-order valence-electron chi connectivity index (χ1n) is 8.27. The van der Waals surface area contributed by atoms with Crippen LogP contribution in [-0.4, -0.2) is 34.5 Å². The van der Waals surface area contributed by atoms with Crippen LogP contribution in [0.5, 0.6) is 0 Å². The Labute approximate surface area is 155 Å². The minimum Gasteiger partial charge on any atom is -0.274 e. The highest BCUT2D eigenvalue weighted by molar-refractivity contribution is 7.94. The third kappa shape index (κ3) is 2.46. The summed E-state index contributed by atoms with van der Waals surface area (Å²) >= 11 is 1.19. The smallest absolute Gasteiger partial charge is 0.274 e. The van der Waals surface area contributed by atoms with E-state index in [0.29, 0.717) is 23.4 Å². The van der Waals surface area contributed by atoms with Crippen LogP contribution in [0.3, 0.4) is 0 Å². The van der Waals surface area contributed by atoms with Crippen LogP contribution in [0.2, 0.25) is 0 Å². The number of aryl methyl sites for hydroxylation is 1. The summed E-state index contributed by atoms with van der Waals surface area (Å²) in [7, 11) is -3.71. The lowest BCUT2D eigenvalue weighted by Crippen LogP contribution is -2.31. The van der Waals surface area contributed by atoms with Crippen LogP contribution in [-0.2, 0) is 16.4 Å². The maximum atomic E-state index is 13.1. The molecule has 134 valence electrons. The standard InChI is InChI=1S/C17H17N5O2S2/c1-3-14-19-20-17-16(18-12-8-5-6-9-13(12)22(14)17)21(4-2)26(23,24)15-10-7-11-25-15/h5-11H,3-4H2,1-2H3. The average molecular weight is 387 g/mol. The van der Waals surface area contributed by atoms with Gasteiger partial charge in [0.2, 0.25) is 5.65 Å². The van der Waals surface area contributed by atoms with Crippen molar-refractivity contribution < 1.29 is 8.42 Å². The van der Waals surface area contributed by atoms with Gasteiger partial charge in [-0.2, -0.15) is 0 Å². The normalized spacial score (nSPS) is 12.1. The van der Waals surface area contributed by atoms with Crippen molar-refractivity contribution in [3.63, 3.8) is 0 Å². The zero-order valence-electron chi connectivity index (χ0n) is 14.3. The summed E-state index contributed by atoms with van der Waals surface area (Å²) in [5.74, 6) is 1.07. The molecular weight excluding hydrogens is 370 g/mol. The third-order valence-electron chi connectivity index (χ3n) is 4.16. The molecule has 0 N–H and O–H groups in total. The molecule has 0 unspecified atom stereocenters. The van der Waals surface area contributed by atoms with Crippen molar-refractivity contribution in [1.82, 2.24) is 19.6 Å². The fourth-order valence-electron chi connectivity index (χ4n) is 2.98. The number of aromatic nitrogens is 4. The molecule has 0 radical (unpaired) electrons. The van der Waals surface area contributed by atoms with E-state index in [1.807, 2.05) is 35.6 Å². The summed E-state index contributed by atoms with van der Waals surface area (Å²) in [4.78, 5) is 4.63. The number of hydrogen-bond acceptors (Lipinski definition) is 6. The van der Waals surface area contributed by atoms with E-state index in [9.17, 15) is 8.42 Å². The molecule has 4 rings (SSSR count).